The van der Waals surface area contributed by atoms with E-state index in [4.69, 9.17) is 0 Å². The van der Waals surface area contributed by atoms with Crippen molar-refractivity contribution in [3.05, 3.63) is 0 Å². The Kier molecular flexibility index (Phi) is 10.0. The SMILES string of the molecule is CC.CC.CN1CCC(N2CCCCC2)C1. The van der Waals surface area contributed by atoms with Gasteiger partial charge in [-0.2, -0.15) is 0 Å². The van der Waals surface area contributed by atoms with Crippen molar-refractivity contribution < 1.29 is 0 Å². The summed E-state index contributed by atoms with van der Waals surface area (Å²) < 4.78 is 0. The van der Waals surface area contributed by atoms with Crippen molar-refractivity contribution in [1.29, 1.82) is 0 Å². The summed E-state index contributed by atoms with van der Waals surface area (Å²) in [5, 5.41) is 0. The lowest BCUT2D eigenvalue weighted by Gasteiger charge is -2.31. The maximum atomic E-state index is 2.70. The molecule has 0 aliphatic carbocycles. The predicted octanol–water partition coefficient (Wildman–Crippen LogP) is 3.23. The zero-order valence-corrected chi connectivity index (χ0v) is 12.1. The molecule has 2 fully saturated rings. The molecule has 0 saturated carbocycles. The third-order valence-electron chi connectivity index (χ3n) is 3.27. The van der Waals surface area contributed by atoms with Crippen molar-refractivity contribution in [3.8, 4) is 0 Å². The van der Waals surface area contributed by atoms with Crippen molar-refractivity contribution in [2.75, 3.05) is 33.2 Å². The van der Waals surface area contributed by atoms with Crippen LogP contribution in [0.3, 0.4) is 0 Å². The van der Waals surface area contributed by atoms with Crippen LogP contribution in [0.4, 0.5) is 0 Å². The molecule has 2 heteroatoms. The fourth-order valence-electron chi connectivity index (χ4n) is 2.49. The normalized spacial score (nSPS) is 26.4. The van der Waals surface area contributed by atoms with Gasteiger partial charge in [0.2, 0.25) is 0 Å². The van der Waals surface area contributed by atoms with Gasteiger partial charge in [-0.1, -0.05) is 34.1 Å². The van der Waals surface area contributed by atoms with Crippen LogP contribution < -0.4 is 0 Å². The Hall–Kier alpha value is -0.0800. The van der Waals surface area contributed by atoms with Crippen molar-refractivity contribution >= 4 is 0 Å². The highest BCUT2D eigenvalue weighted by molar-refractivity contribution is 4.83. The summed E-state index contributed by atoms with van der Waals surface area (Å²) in [6.07, 6.45) is 5.72. The number of likely N-dealkylation sites (tertiary alicyclic amines) is 2. The van der Waals surface area contributed by atoms with E-state index in [1.54, 1.807) is 0 Å². The molecule has 2 aliphatic rings. The van der Waals surface area contributed by atoms with E-state index in [9.17, 15) is 0 Å². The molecule has 0 N–H and O–H groups in total. The summed E-state index contributed by atoms with van der Waals surface area (Å²) in [5.74, 6) is 0. The molecule has 2 aliphatic heterocycles. The first-order valence-corrected chi connectivity index (χ1v) is 7.29. The van der Waals surface area contributed by atoms with E-state index in [-0.39, 0.29) is 0 Å². The summed E-state index contributed by atoms with van der Waals surface area (Å²) in [4.78, 5) is 5.16. The maximum Gasteiger partial charge on any atom is 0.0235 e. The van der Waals surface area contributed by atoms with Crippen LogP contribution in [0, 0.1) is 0 Å². The highest BCUT2D eigenvalue weighted by Gasteiger charge is 2.26. The first-order valence-electron chi connectivity index (χ1n) is 7.29. The second kappa shape index (κ2) is 10.1. The molecule has 0 bridgehead atoms. The summed E-state index contributed by atoms with van der Waals surface area (Å²) in [7, 11) is 2.24. The van der Waals surface area contributed by atoms with Crippen LogP contribution in [0.2, 0.25) is 0 Å². The third kappa shape index (κ3) is 5.31. The van der Waals surface area contributed by atoms with E-state index in [0.717, 1.165) is 6.04 Å². The van der Waals surface area contributed by atoms with Crippen molar-refractivity contribution in [3.63, 3.8) is 0 Å². The standard InChI is InChI=1S/C10H20N2.2C2H6/c1-11-8-5-10(9-11)12-6-3-2-4-7-12;2*1-2/h10H,2-9H2,1H3;2*1-2H3. The van der Waals surface area contributed by atoms with Crippen LogP contribution in [0.5, 0.6) is 0 Å². The molecular weight excluding hydrogens is 196 g/mol. The fraction of sp³-hybridized carbons (Fsp3) is 1.00. The van der Waals surface area contributed by atoms with Gasteiger partial charge in [0.1, 0.15) is 0 Å². The number of likely N-dealkylation sites (N-methyl/N-ethyl adjacent to an activating group) is 1. The molecule has 0 spiro atoms. The van der Waals surface area contributed by atoms with Gasteiger partial charge in [-0.05, 0) is 45.9 Å². The number of hydrogen-bond acceptors (Lipinski definition) is 2. The molecule has 2 saturated heterocycles. The molecule has 2 rings (SSSR count). The molecule has 2 nitrogen and oxygen atoms in total. The largest absolute Gasteiger partial charge is 0.305 e. The molecule has 0 aromatic rings. The second-order valence-electron chi connectivity index (χ2n) is 4.30. The van der Waals surface area contributed by atoms with Crippen LogP contribution in [-0.2, 0) is 0 Å². The van der Waals surface area contributed by atoms with Gasteiger partial charge in [0.15, 0.2) is 0 Å². The minimum absolute atomic E-state index is 0.885. The van der Waals surface area contributed by atoms with Crippen LogP contribution in [-0.4, -0.2) is 49.1 Å². The van der Waals surface area contributed by atoms with E-state index in [0.29, 0.717) is 0 Å². The van der Waals surface area contributed by atoms with E-state index in [2.05, 4.69) is 16.8 Å². The van der Waals surface area contributed by atoms with E-state index in [1.165, 1.54) is 51.9 Å². The molecule has 0 aromatic carbocycles. The Bertz CT molecular complexity index is 139. The summed E-state index contributed by atoms with van der Waals surface area (Å²) in [6, 6.07) is 0.885. The molecule has 0 radical (unpaired) electrons. The van der Waals surface area contributed by atoms with Gasteiger partial charge >= 0.3 is 0 Å². The highest BCUT2D eigenvalue weighted by Crippen LogP contribution is 2.18. The van der Waals surface area contributed by atoms with Gasteiger partial charge in [0.05, 0.1) is 0 Å². The molecular formula is C14H32N2. The second-order valence-corrected chi connectivity index (χ2v) is 4.30. The fourth-order valence-corrected chi connectivity index (χ4v) is 2.49. The van der Waals surface area contributed by atoms with Crippen molar-refractivity contribution in [2.24, 2.45) is 0 Å². The molecule has 0 aromatic heterocycles. The molecule has 98 valence electrons. The average molecular weight is 228 g/mol. The van der Waals surface area contributed by atoms with Gasteiger partial charge in [-0.25, -0.2) is 0 Å². The number of piperidine rings is 1. The quantitative estimate of drug-likeness (QED) is 0.680. The Morgan fingerprint density at radius 2 is 1.38 bits per heavy atom. The van der Waals surface area contributed by atoms with E-state index >= 15 is 0 Å². The van der Waals surface area contributed by atoms with Gasteiger partial charge in [-0.15, -0.1) is 0 Å². The summed E-state index contributed by atoms with van der Waals surface area (Å²) in [6.45, 7) is 13.3. The Labute approximate surface area is 103 Å². The van der Waals surface area contributed by atoms with Gasteiger partial charge < -0.3 is 4.90 Å². The summed E-state index contributed by atoms with van der Waals surface area (Å²) in [5.41, 5.74) is 0. The Morgan fingerprint density at radius 3 is 1.81 bits per heavy atom. The lowest BCUT2D eigenvalue weighted by Crippen LogP contribution is -2.40. The van der Waals surface area contributed by atoms with Crippen molar-refractivity contribution in [2.45, 2.75) is 59.4 Å². The van der Waals surface area contributed by atoms with Gasteiger partial charge in [-0.3, -0.25) is 4.90 Å². The number of rotatable bonds is 1. The minimum Gasteiger partial charge on any atom is -0.305 e. The van der Waals surface area contributed by atoms with Crippen LogP contribution in [0.1, 0.15) is 53.4 Å². The first kappa shape index (κ1) is 15.9. The number of hydrogen-bond donors (Lipinski definition) is 0. The lowest BCUT2D eigenvalue weighted by molar-refractivity contribution is 0.166. The molecule has 1 unspecified atom stereocenters. The van der Waals surface area contributed by atoms with Gasteiger partial charge in [0.25, 0.3) is 0 Å². The van der Waals surface area contributed by atoms with Gasteiger partial charge in [0, 0.05) is 12.6 Å². The highest BCUT2D eigenvalue weighted by atomic mass is 15.2. The lowest BCUT2D eigenvalue weighted by atomic mass is 10.1. The van der Waals surface area contributed by atoms with Crippen molar-refractivity contribution in [1.82, 2.24) is 9.80 Å². The zero-order valence-electron chi connectivity index (χ0n) is 12.1. The smallest absolute Gasteiger partial charge is 0.0235 e. The maximum absolute atomic E-state index is 2.70. The molecule has 1 atom stereocenters. The number of nitrogens with zero attached hydrogens (tertiary/aromatic N) is 2. The topological polar surface area (TPSA) is 6.48 Å². The molecule has 2 heterocycles. The van der Waals surface area contributed by atoms with Crippen LogP contribution >= 0.6 is 0 Å². The minimum atomic E-state index is 0.885. The van der Waals surface area contributed by atoms with Crippen LogP contribution in [0.25, 0.3) is 0 Å². The Balaban J connectivity index is 0.000000509. The molecule has 0 amide bonds. The summed E-state index contributed by atoms with van der Waals surface area (Å²) >= 11 is 0. The monoisotopic (exact) mass is 228 g/mol. The van der Waals surface area contributed by atoms with Crippen LogP contribution in [0.15, 0.2) is 0 Å². The average Bonchev–Trinajstić information content (AvgIpc) is 2.82. The first-order chi connectivity index (χ1) is 7.86. The molecule has 16 heavy (non-hydrogen) atoms. The third-order valence-corrected chi connectivity index (χ3v) is 3.27. The Morgan fingerprint density at radius 1 is 0.812 bits per heavy atom. The van der Waals surface area contributed by atoms with E-state index < -0.39 is 0 Å². The predicted molar refractivity (Wildman–Crippen MR) is 74.0 cm³/mol. The van der Waals surface area contributed by atoms with E-state index in [1.807, 2.05) is 27.7 Å². The zero-order chi connectivity index (χ0) is 12.4.